The molecule has 6 rings (SSSR count). The summed E-state index contributed by atoms with van der Waals surface area (Å²) in [4.78, 5) is 10.1. The van der Waals surface area contributed by atoms with Crippen LogP contribution in [0.5, 0.6) is 0 Å². The average molecular weight is 443 g/mol. The Labute approximate surface area is 199 Å². The van der Waals surface area contributed by atoms with Gasteiger partial charge in [0.25, 0.3) is 0 Å². The average Bonchev–Trinajstić information content (AvgIpc) is 3.24. The van der Waals surface area contributed by atoms with E-state index < -0.39 is 0 Å². The van der Waals surface area contributed by atoms with Gasteiger partial charge < -0.3 is 4.42 Å². The van der Waals surface area contributed by atoms with Crippen molar-refractivity contribution in [2.45, 2.75) is 31.2 Å². The molecule has 0 saturated heterocycles. The number of aryl methyl sites for hydroxylation is 1. The van der Waals surface area contributed by atoms with Gasteiger partial charge in [-0.1, -0.05) is 74.3 Å². The third-order valence-electron chi connectivity index (χ3n) is 7.13. The van der Waals surface area contributed by atoms with Gasteiger partial charge in [-0.05, 0) is 42.2 Å². The van der Waals surface area contributed by atoms with Crippen LogP contribution in [0.1, 0.15) is 41.0 Å². The minimum atomic E-state index is 0.0849. The lowest BCUT2D eigenvalue weighted by Crippen LogP contribution is -2.27. The van der Waals surface area contributed by atoms with Gasteiger partial charge in [0.15, 0.2) is 0 Å². The molecule has 0 spiro atoms. The number of allylic oxidation sites excluding steroid dienone is 2. The number of furan rings is 1. The summed E-state index contributed by atoms with van der Waals surface area (Å²) in [6, 6.07) is 21.3. The zero-order valence-electron chi connectivity index (χ0n) is 19.1. The number of rotatable bonds is 2. The Morgan fingerprint density at radius 2 is 1.68 bits per heavy atom. The molecule has 3 heterocycles. The fourth-order valence-corrected chi connectivity index (χ4v) is 5.59. The number of benzene rings is 3. The van der Waals surface area contributed by atoms with Crippen molar-refractivity contribution in [3.8, 4) is 0 Å². The minimum absolute atomic E-state index is 0.0849. The Bertz CT molecular complexity index is 1550. The van der Waals surface area contributed by atoms with E-state index in [1.165, 1.54) is 16.7 Å². The second kappa shape index (κ2) is 8.11. The molecule has 2 atom stereocenters. The molecule has 0 amide bonds. The van der Waals surface area contributed by atoms with E-state index in [0.29, 0.717) is 6.42 Å². The number of fused-ring (bicyclic) bond motifs is 8. The lowest BCUT2D eigenvalue weighted by molar-refractivity contribution is 0.490. The van der Waals surface area contributed by atoms with Crippen LogP contribution in [0.4, 0.5) is 0 Å². The predicted octanol–water partition coefficient (Wildman–Crippen LogP) is 7.55. The van der Waals surface area contributed by atoms with Crippen molar-refractivity contribution < 1.29 is 4.42 Å². The molecule has 3 aromatic carbocycles. The van der Waals surface area contributed by atoms with Crippen LogP contribution in [-0.4, -0.2) is 17.5 Å². The highest BCUT2D eigenvalue weighted by Crippen LogP contribution is 2.40. The van der Waals surface area contributed by atoms with E-state index in [2.05, 4.69) is 62.2 Å². The monoisotopic (exact) mass is 442 g/mol. The van der Waals surface area contributed by atoms with Gasteiger partial charge >= 0.3 is 0 Å². The SMILES string of the molecule is C=CC1=NC2CC(=C)/N=C(/C=C)c3c(ccc4c3oc3ccccc34)CCC2c2ccccc21. The highest BCUT2D eigenvalue weighted by molar-refractivity contribution is 6.20. The molecule has 4 aromatic rings. The van der Waals surface area contributed by atoms with Crippen LogP contribution in [0.3, 0.4) is 0 Å². The van der Waals surface area contributed by atoms with E-state index in [1.54, 1.807) is 0 Å². The summed E-state index contributed by atoms with van der Waals surface area (Å²) in [5.41, 5.74) is 9.10. The normalized spacial score (nSPS) is 21.6. The van der Waals surface area contributed by atoms with Gasteiger partial charge in [0.2, 0.25) is 0 Å². The summed E-state index contributed by atoms with van der Waals surface area (Å²) in [5.74, 6) is 0.288. The third kappa shape index (κ3) is 3.19. The summed E-state index contributed by atoms with van der Waals surface area (Å²) in [6.45, 7) is 12.4. The predicted molar refractivity (Wildman–Crippen MR) is 142 cm³/mol. The smallest absolute Gasteiger partial charge is 0.145 e. The fourth-order valence-electron chi connectivity index (χ4n) is 5.59. The Balaban J connectivity index is 1.55. The molecule has 0 bridgehead atoms. The quantitative estimate of drug-likeness (QED) is 0.316. The van der Waals surface area contributed by atoms with Crippen LogP contribution < -0.4 is 0 Å². The first-order chi connectivity index (χ1) is 16.7. The topological polar surface area (TPSA) is 37.9 Å². The largest absolute Gasteiger partial charge is 0.455 e. The standard InChI is InChI=1S/C31H26N2O/c1-4-26-22-11-7-6-10-21(22)23-16-14-20-15-17-25-24-12-8-9-13-29(24)34-31(25)30(20)27(5-2)32-19(3)18-28(23)33-26/h4-13,15,17,23,28H,1-3,14,16,18H2/b32-27-. The van der Waals surface area contributed by atoms with Gasteiger partial charge in [-0.25, -0.2) is 0 Å². The van der Waals surface area contributed by atoms with Gasteiger partial charge in [-0.3, -0.25) is 9.98 Å². The van der Waals surface area contributed by atoms with Crippen molar-refractivity contribution >= 4 is 33.4 Å². The number of hydrogen-bond acceptors (Lipinski definition) is 3. The summed E-state index contributed by atoms with van der Waals surface area (Å²) in [5, 5.41) is 2.22. The minimum Gasteiger partial charge on any atom is -0.455 e. The van der Waals surface area contributed by atoms with E-state index >= 15 is 0 Å². The molecule has 0 aliphatic carbocycles. The molecule has 3 nitrogen and oxygen atoms in total. The highest BCUT2D eigenvalue weighted by Gasteiger charge is 2.31. The van der Waals surface area contributed by atoms with Crippen molar-refractivity contribution in [2.75, 3.05) is 0 Å². The first-order valence-corrected chi connectivity index (χ1v) is 11.8. The van der Waals surface area contributed by atoms with E-state index in [-0.39, 0.29) is 12.0 Å². The zero-order valence-corrected chi connectivity index (χ0v) is 19.1. The Morgan fingerprint density at radius 1 is 0.882 bits per heavy atom. The first-order valence-electron chi connectivity index (χ1n) is 11.8. The van der Waals surface area contributed by atoms with Crippen molar-refractivity contribution in [3.05, 3.63) is 121 Å². The van der Waals surface area contributed by atoms with Crippen LogP contribution in [0, 0.1) is 0 Å². The Morgan fingerprint density at radius 3 is 2.53 bits per heavy atom. The molecule has 0 radical (unpaired) electrons. The molecule has 166 valence electrons. The van der Waals surface area contributed by atoms with Crippen molar-refractivity contribution in [3.63, 3.8) is 0 Å². The maximum atomic E-state index is 6.39. The Kier molecular flexibility index (Phi) is 4.91. The maximum absolute atomic E-state index is 6.39. The molecule has 2 aliphatic heterocycles. The summed E-state index contributed by atoms with van der Waals surface area (Å²) in [6.07, 6.45) is 6.26. The van der Waals surface area contributed by atoms with Crippen LogP contribution in [0.15, 0.2) is 113 Å². The molecule has 34 heavy (non-hydrogen) atoms. The number of nitrogens with zero attached hydrogens (tertiary/aromatic N) is 2. The zero-order chi connectivity index (χ0) is 23.2. The molecular formula is C31H26N2O. The van der Waals surface area contributed by atoms with Crippen molar-refractivity contribution in [2.24, 2.45) is 9.98 Å². The molecule has 0 N–H and O–H groups in total. The molecule has 3 heteroatoms. The van der Waals surface area contributed by atoms with Gasteiger partial charge in [-0.15, -0.1) is 0 Å². The van der Waals surface area contributed by atoms with E-state index in [4.69, 9.17) is 14.4 Å². The summed E-state index contributed by atoms with van der Waals surface area (Å²) >= 11 is 0. The number of hydrogen-bond donors (Lipinski definition) is 0. The van der Waals surface area contributed by atoms with Crippen LogP contribution in [-0.2, 0) is 6.42 Å². The maximum Gasteiger partial charge on any atom is 0.145 e. The third-order valence-corrected chi connectivity index (χ3v) is 7.13. The second-order valence-corrected chi connectivity index (χ2v) is 9.06. The first kappa shape index (κ1) is 20.6. The van der Waals surface area contributed by atoms with E-state index in [0.717, 1.165) is 57.5 Å². The summed E-state index contributed by atoms with van der Waals surface area (Å²) in [7, 11) is 0. The van der Waals surface area contributed by atoms with Crippen molar-refractivity contribution in [1.82, 2.24) is 0 Å². The fraction of sp³-hybridized carbons (Fsp3) is 0.161. The lowest BCUT2D eigenvalue weighted by Gasteiger charge is -2.32. The molecule has 2 aliphatic rings. The molecule has 0 fully saturated rings. The number of aliphatic imine (C=N–C) groups is 2. The van der Waals surface area contributed by atoms with Gasteiger partial charge in [0, 0.05) is 39.9 Å². The highest BCUT2D eigenvalue weighted by atomic mass is 16.3. The van der Waals surface area contributed by atoms with Crippen LogP contribution in [0.25, 0.3) is 21.9 Å². The molecular weight excluding hydrogens is 416 g/mol. The van der Waals surface area contributed by atoms with Gasteiger partial charge in [0.05, 0.1) is 17.5 Å². The lowest BCUT2D eigenvalue weighted by atomic mass is 9.78. The van der Waals surface area contributed by atoms with Crippen LogP contribution in [0.2, 0.25) is 0 Å². The summed E-state index contributed by atoms with van der Waals surface area (Å²) < 4.78 is 6.39. The second-order valence-electron chi connectivity index (χ2n) is 9.06. The van der Waals surface area contributed by atoms with E-state index in [9.17, 15) is 0 Å². The number of para-hydroxylation sites is 1. The Hall–Kier alpha value is -3.98. The molecule has 1 aromatic heterocycles. The van der Waals surface area contributed by atoms with Gasteiger partial charge in [0.1, 0.15) is 11.2 Å². The van der Waals surface area contributed by atoms with E-state index in [1.807, 2.05) is 30.4 Å². The van der Waals surface area contributed by atoms with Gasteiger partial charge in [-0.2, -0.15) is 0 Å². The molecule has 0 saturated carbocycles. The van der Waals surface area contributed by atoms with Crippen LogP contribution >= 0.6 is 0 Å². The molecule has 2 unspecified atom stereocenters. The van der Waals surface area contributed by atoms with Crippen molar-refractivity contribution in [1.29, 1.82) is 0 Å².